The Bertz CT molecular complexity index is 1620. The van der Waals surface area contributed by atoms with E-state index in [-0.39, 0.29) is 49.3 Å². The van der Waals surface area contributed by atoms with Crippen LogP contribution in [0.5, 0.6) is 0 Å². The lowest BCUT2D eigenvalue weighted by atomic mass is 10.0. The Balaban J connectivity index is 0.00000353. The number of aromatic nitrogens is 1. The van der Waals surface area contributed by atoms with E-state index in [0.717, 1.165) is 22.0 Å². The van der Waals surface area contributed by atoms with Crippen LogP contribution in [0.2, 0.25) is 5.02 Å². The van der Waals surface area contributed by atoms with Crippen molar-refractivity contribution in [3.05, 3.63) is 95.6 Å². The number of pyridine rings is 1. The third-order valence-corrected chi connectivity index (χ3v) is 8.72. The Morgan fingerprint density at radius 1 is 0.949 bits per heavy atom. The normalized spacial score (nSPS) is 16.0. The van der Waals surface area contributed by atoms with Crippen LogP contribution in [0.15, 0.2) is 90.0 Å². The Morgan fingerprint density at radius 2 is 1.67 bits per heavy atom. The van der Waals surface area contributed by atoms with Gasteiger partial charge in [-0.1, -0.05) is 41.9 Å². The Labute approximate surface area is 237 Å². The number of hydrogen-bond acceptors (Lipinski definition) is 5. The highest BCUT2D eigenvalue weighted by Crippen LogP contribution is 2.27. The zero-order valence-electron chi connectivity index (χ0n) is 20.6. The predicted molar refractivity (Wildman–Crippen MR) is 152 cm³/mol. The maximum absolute atomic E-state index is 13.5. The van der Waals surface area contributed by atoms with Crippen LogP contribution in [0.25, 0.3) is 22.0 Å². The lowest BCUT2D eigenvalue weighted by Gasteiger charge is -2.40. The molecule has 1 atom stereocenters. The molecule has 1 amide bonds. The molecule has 2 heterocycles. The Kier molecular flexibility index (Phi) is 8.56. The molecule has 1 aliphatic rings. The summed E-state index contributed by atoms with van der Waals surface area (Å²) in [6.45, 7) is 0.00110. The molecule has 5 rings (SSSR count). The molecule has 0 spiro atoms. The lowest BCUT2D eigenvalue weighted by molar-refractivity contribution is -0.138. The molecule has 202 valence electrons. The van der Waals surface area contributed by atoms with Crippen molar-refractivity contribution in [3.63, 3.8) is 0 Å². The van der Waals surface area contributed by atoms with Crippen LogP contribution in [0.1, 0.15) is 16.8 Å². The van der Waals surface area contributed by atoms with Crippen LogP contribution in [0.4, 0.5) is 0 Å². The topological polar surface area (TPSA) is 108 Å². The summed E-state index contributed by atoms with van der Waals surface area (Å²) in [5, 5.41) is 11.6. The number of carboxylic acid groups (broad SMARTS) is 1. The van der Waals surface area contributed by atoms with Crippen LogP contribution in [-0.2, 0) is 14.8 Å². The van der Waals surface area contributed by atoms with Crippen molar-refractivity contribution < 1.29 is 23.1 Å². The molecule has 1 aromatic heterocycles. The minimum Gasteiger partial charge on any atom is -0.481 e. The second-order valence-electron chi connectivity index (χ2n) is 9.06. The fourth-order valence-electron chi connectivity index (χ4n) is 4.68. The highest BCUT2D eigenvalue weighted by molar-refractivity contribution is 7.89. The van der Waals surface area contributed by atoms with Crippen molar-refractivity contribution in [2.24, 2.45) is 0 Å². The molecule has 0 bridgehead atoms. The molecule has 1 unspecified atom stereocenters. The van der Waals surface area contributed by atoms with E-state index in [1.807, 2.05) is 18.2 Å². The number of carbonyl (C=O) groups excluding carboxylic acids is 1. The number of halogens is 2. The van der Waals surface area contributed by atoms with Gasteiger partial charge in [-0.25, -0.2) is 8.42 Å². The average Bonchev–Trinajstić information content (AvgIpc) is 2.92. The summed E-state index contributed by atoms with van der Waals surface area (Å²) in [6.07, 6.45) is 1.31. The maximum Gasteiger partial charge on any atom is 0.305 e. The minimum atomic E-state index is -3.92. The number of nitrogens with zero attached hydrogens (tertiary/aromatic N) is 3. The molecular weight excluding hydrogens is 561 g/mol. The zero-order valence-corrected chi connectivity index (χ0v) is 23.0. The van der Waals surface area contributed by atoms with Crippen LogP contribution >= 0.6 is 24.0 Å². The lowest BCUT2D eigenvalue weighted by Crippen LogP contribution is -2.57. The number of benzene rings is 3. The fourth-order valence-corrected chi connectivity index (χ4v) is 6.36. The SMILES string of the molecule is Cl.O=C(O)CC1CN(S(=O)(=O)c2ccc3cc(Cl)ccc3c2)CCN1C(=O)c1ccc(-c2ccccn2)cc1. The summed E-state index contributed by atoms with van der Waals surface area (Å²) in [7, 11) is -3.92. The summed E-state index contributed by atoms with van der Waals surface area (Å²) < 4.78 is 28.2. The van der Waals surface area contributed by atoms with Gasteiger partial charge in [-0.2, -0.15) is 4.31 Å². The molecule has 1 N–H and O–H groups in total. The first-order chi connectivity index (χ1) is 18.2. The van der Waals surface area contributed by atoms with E-state index in [1.54, 1.807) is 60.8 Å². The molecule has 1 aliphatic heterocycles. The Morgan fingerprint density at radius 3 is 2.36 bits per heavy atom. The molecule has 0 saturated carbocycles. The standard InChI is InChI=1S/C28H24ClN3O5S.ClH/c29-23-10-8-22-16-25(11-9-21(22)15-23)38(36,37)31-13-14-32(24(18-31)17-27(33)34)28(35)20-6-4-19(5-7-20)26-3-1-2-12-30-26;/h1-12,15-16,24H,13-14,17-18H2,(H,33,34);1H. The van der Waals surface area contributed by atoms with Gasteiger partial charge >= 0.3 is 5.97 Å². The van der Waals surface area contributed by atoms with E-state index < -0.39 is 22.0 Å². The molecule has 8 nitrogen and oxygen atoms in total. The van der Waals surface area contributed by atoms with Gasteiger partial charge in [0.25, 0.3) is 5.91 Å². The van der Waals surface area contributed by atoms with E-state index in [0.29, 0.717) is 10.6 Å². The predicted octanol–water partition coefficient (Wildman–Crippen LogP) is 4.97. The van der Waals surface area contributed by atoms with Gasteiger partial charge < -0.3 is 10.0 Å². The van der Waals surface area contributed by atoms with E-state index in [4.69, 9.17) is 11.6 Å². The van der Waals surface area contributed by atoms with Crippen molar-refractivity contribution in [1.29, 1.82) is 0 Å². The van der Waals surface area contributed by atoms with Crippen molar-refractivity contribution in [2.75, 3.05) is 19.6 Å². The molecule has 0 aliphatic carbocycles. The van der Waals surface area contributed by atoms with Crippen LogP contribution < -0.4 is 0 Å². The molecule has 1 fully saturated rings. The molecule has 0 radical (unpaired) electrons. The summed E-state index contributed by atoms with van der Waals surface area (Å²) in [6, 6.07) is 21.6. The number of rotatable bonds is 6. The summed E-state index contributed by atoms with van der Waals surface area (Å²) in [4.78, 5) is 30.9. The van der Waals surface area contributed by atoms with Crippen LogP contribution in [-0.4, -0.2) is 65.3 Å². The van der Waals surface area contributed by atoms with Gasteiger partial charge in [0, 0.05) is 42.0 Å². The van der Waals surface area contributed by atoms with Gasteiger partial charge in [0.15, 0.2) is 0 Å². The van der Waals surface area contributed by atoms with E-state index >= 15 is 0 Å². The number of piperazine rings is 1. The zero-order chi connectivity index (χ0) is 26.9. The third-order valence-electron chi connectivity index (χ3n) is 6.62. The number of aliphatic carboxylic acids is 1. The van der Waals surface area contributed by atoms with Gasteiger partial charge in [-0.15, -0.1) is 12.4 Å². The smallest absolute Gasteiger partial charge is 0.305 e. The van der Waals surface area contributed by atoms with Crippen LogP contribution in [0.3, 0.4) is 0 Å². The van der Waals surface area contributed by atoms with Gasteiger partial charge in [-0.05, 0) is 59.3 Å². The van der Waals surface area contributed by atoms with E-state index in [2.05, 4.69) is 4.98 Å². The van der Waals surface area contributed by atoms with E-state index in [1.165, 1.54) is 15.3 Å². The molecule has 4 aromatic rings. The molecule has 39 heavy (non-hydrogen) atoms. The highest BCUT2D eigenvalue weighted by atomic mass is 35.5. The first kappa shape index (κ1) is 28.5. The van der Waals surface area contributed by atoms with Crippen molar-refractivity contribution in [1.82, 2.24) is 14.2 Å². The second-order valence-corrected chi connectivity index (χ2v) is 11.4. The number of carbonyl (C=O) groups is 2. The van der Waals surface area contributed by atoms with E-state index in [9.17, 15) is 23.1 Å². The molecular formula is C28H25Cl2N3O5S. The van der Waals surface area contributed by atoms with Crippen molar-refractivity contribution in [2.45, 2.75) is 17.4 Å². The largest absolute Gasteiger partial charge is 0.481 e. The quantitative estimate of drug-likeness (QED) is 0.342. The summed E-state index contributed by atoms with van der Waals surface area (Å²) in [5.74, 6) is -1.46. The molecule has 3 aromatic carbocycles. The fraction of sp³-hybridized carbons (Fsp3) is 0.179. The number of hydrogen-bond donors (Lipinski definition) is 1. The number of sulfonamides is 1. The molecule has 11 heteroatoms. The molecule has 1 saturated heterocycles. The number of amides is 1. The monoisotopic (exact) mass is 585 g/mol. The number of fused-ring (bicyclic) bond motifs is 1. The maximum atomic E-state index is 13.5. The summed E-state index contributed by atoms with van der Waals surface area (Å²) >= 11 is 6.04. The third kappa shape index (κ3) is 6.07. The second kappa shape index (κ2) is 11.7. The first-order valence-electron chi connectivity index (χ1n) is 12.0. The number of carboxylic acids is 1. The highest BCUT2D eigenvalue weighted by Gasteiger charge is 2.37. The van der Waals surface area contributed by atoms with Gasteiger partial charge in [-0.3, -0.25) is 14.6 Å². The van der Waals surface area contributed by atoms with Crippen LogP contribution in [0, 0.1) is 0 Å². The van der Waals surface area contributed by atoms with Gasteiger partial charge in [0.2, 0.25) is 10.0 Å². The summed E-state index contributed by atoms with van der Waals surface area (Å²) in [5.41, 5.74) is 2.01. The van der Waals surface area contributed by atoms with Crippen molar-refractivity contribution >= 4 is 56.7 Å². The minimum absolute atomic E-state index is 0. The average molecular weight is 586 g/mol. The first-order valence-corrected chi connectivity index (χ1v) is 13.8. The van der Waals surface area contributed by atoms with Gasteiger partial charge in [0.05, 0.1) is 23.1 Å². The Hall–Kier alpha value is -3.50. The van der Waals surface area contributed by atoms with Gasteiger partial charge in [0.1, 0.15) is 0 Å². The van der Waals surface area contributed by atoms with Crippen molar-refractivity contribution in [3.8, 4) is 11.3 Å².